The van der Waals surface area contributed by atoms with Gasteiger partial charge in [0, 0.05) is 41.8 Å². The van der Waals surface area contributed by atoms with Crippen LogP contribution in [-0.4, -0.2) is 52.9 Å². The molecule has 126 valence electrons. The Morgan fingerprint density at radius 1 is 1.12 bits per heavy atom. The van der Waals surface area contributed by atoms with Crippen molar-refractivity contribution in [2.75, 3.05) is 26.2 Å². The summed E-state index contributed by atoms with van der Waals surface area (Å²) in [4.78, 5) is 21.9. The normalized spacial score (nSPS) is 21.5. The molecule has 1 atom stereocenters. The Morgan fingerprint density at radius 2 is 1.92 bits per heavy atom. The lowest BCUT2D eigenvalue weighted by molar-refractivity contribution is 0.0709. The highest BCUT2D eigenvalue weighted by molar-refractivity contribution is 7.13. The molecular formula is C19H23N3OS. The van der Waals surface area contributed by atoms with Gasteiger partial charge in [0.2, 0.25) is 0 Å². The van der Waals surface area contributed by atoms with Crippen molar-refractivity contribution in [3.8, 4) is 10.6 Å². The van der Waals surface area contributed by atoms with Gasteiger partial charge in [0.05, 0.1) is 0 Å². The maximum Gasteiger partial charge on any atom is 0.254 e. The van der Waals surface area contributed by atoms with E-state index in [-0.39, 0.29) is 5.91 Å². The summed E-state index contributed by atoms with van der Waals surface area (Å²) in [5.74, 6) is 0.183. The molecule has 2 aliphatic heterocycles. The Balaban J connectivity index is 1.45. The van der Waals surface area contributed by atoms with Crippen molar-refractivity contribution in [3.63, 3.8) is 0 Å². The monoisotopic (exact) mass is 341 g/mol. The van der Waals surface area contributed by atoms with E-state index in [1.54, 1.807) is 11.3 Å². The number of hydrogen-bond donors (Lipinski definition) is 0. The quantitative estimate of drug-likeness (QED) is 0.854. The van der Waals surface area contributed by atoms with E-state index in [1.807, 2.05) is 35.8 Å². The number of thiazole rings is 1. The van der Waals surface area contributed by atoms with Crippen molar-refractivity contribution in [3.05, 3.63) is 41.4 Å². The summed E-state index contributed by atoms with van der Waals surface area (Å²) in [6.07, 6.45) is 6.69. The molecule has 1 amide bonds. The van der Waals surface area contributed by atoms with Crippen LogP contribution >= 0.6 is 11.3 Å². The summed E-state index contributed by atoms with van der Waals surface area (Å²) in [5, 5.41) is 2.98. The highest BCUT2D eigenvalue weighted by atomic mass is 32.1. The number of amides is 1. The number of rotatable bonds is 4. The van der Waals surface area contributed by atoms with Crippen LogP contribution in [0, 0.1) is 0 Å². The van der Waals surface area contributed by atoms with Crippen molar-refractivity contribution in [2.45, 2.75) is 31.7 Å². The molecule has 2 saturated heterocycles. The van der Waals surface area contributed by atoms with E-state index in [2.05, 4.69) is 14.8 Å². The molecule has 0 bridgehead atoms. The standard InChI is InChI=1S/C19H23N3OS/c23-19(16-7-5-15(6-8-16)18-20-9-13-24-18)22-12-3-4-17(22)14-21-10-1-2-11-21/h5-9,13,17H,1-4,10-12,14H2. The molecule has 0 saturated carbocycles. The van der Waals surface area contributed by atoms with E-state index in [4.69, 9.17) is 0 Å². The van der Waals surface area contributed by atoms with Gasteiger partial charge >= 0.3 is 0 Å². The van der Waals surface area contributed by atoms with Crippen molar-refractivity contribution in [1.29, 1.82) is 0 Å². The van der Waals surface area contributed by atoms with Crippen molar-refractivity contribution >= 4 is 17.2 Å². The number of benzene rings is 1. The second-order valence-corrected chi connectivity index (χ2v) is 7.61. The Bertz CT molecular complexity index is 677. The van der Waals surface area contributed by atoms with Crippen LogP contribution < -0.4 is 0 Å². The second kappa shape index (κ2) is 7.03. The minimum atomic E-state index is 0.183. The van der Waals surface area contributed by atoms with E-state index >= 15 is 0 Å². The topological polar surface area (TPSA) is 36.4 Å². The summed E-state index contributed by atoms with van der Waals surface area (Å²) in [7, 11) is 0. The second-order valence-electron chi connectivity index (χ2n) is 6.72. The van der Waals surface area contributed by atoms with Crippen LogP contribution in [0.1, 0.15) is 36.0 Å². The summed E-state index contributed by atoms with van der Waals surface area (Å²) in [5.41, 5.74) is 1.88. The van der Waals surface area contributed by atoms with Crippen LogP contribution in [0.25, 0.3) is 10.6 Å². The molecule has 5 heteroatoms. The van der Waals surface area contributed by atoms with Gasteiger partial charge in [-0.25, -0.2) is 4.98 Å². The molecule has 4 rings (SSSR count). The van der Waals surface area contributed by atoms with Crippen molar-refractivity contribution in [1.82, 2.24) is 14.8 Å². The zero-order valence-electron chi connectivity index (χ0n) is 13.9. The average Bonchev–Trinajstić information content (AvgIpc) is 3.37. The number of aromatic nitrogens is 1. The third-order valence-electron chi connectivity index (χ3n) is 5.12. The number of hydrogen-bond acceptors (Lipinski definition) is 4. The first-order valence-electron chi connectivity index (χ1n) is 8.84. The predicted molar refractivity (Wildman–Crippen MR) is 97.3 cm³/mol. The maximum absolute atomic E-state index is 12.9. The van der Waals surface area contributed by atoms with Crippen LogP contribution in [-0.2, 0) is 0 Å². The van der Waals surface area contributed by atoms with Gasteiger partial charge < -0.3 is 9.80 Å². The average molecular weight is 341 g/mol. The Kier molecular flexibility index (Phi) is 4.63. The zero-order valence-corrected chi connectivity index (χ0v) is 14.7. The molecule has 3 heterocycles. The smallest absolute Gasteiger partial charge is 0.254 e. The van der Waals surface area contributed by atoms with Crippen LogP contribution in [0.5, 0.6) is 0 Å². The number of likely N-dealkylation sites (tertiary alicyclic amines) is 2. The van der Waals surface area contributed by atoms with Crippen LogP contribution in [0.15, 0.2) is 35.8 Å². The van der Waals surface area contributed by atoms with Gasteiger partial charge in [-0.15, -0.1) is 11.3 Å². The zero-order chi connectivity index (χ0) is 16.4. The van der Waals surface area contributed by atoms with E-state index < -0.39 is 0 Å². The molecule has 1 aromatic carbocycles. The third kappa shape index (κ3) is 3.23. The van der Waals surface area contributed by atoms with Gasteiger partial charge in [-0.3, -0.25) is 4.79 Å². The van der Waals surface area contributed by atoms with E-state index in [9.17, 15) is 4.79 Å². The Morgan fingerprint density at radius 3 is 2.62 bits per heavy atom. The first-order chi connectivity index (χ1) is 11.8. The van der Waals surface area contributed by atoms with Gasteiger partial charge in [-0.05, 0) is 50.9 Å². The number of carbonyl (C=O) groups excluding carboxylic acids is 1. The van der Waals surface area contributed by atoms with Crippen LogP contribution in [0.4, 0.5) is 0 Å². The third-order valence-corrected chi connectivity index (χ3v) is 5.94. The molecule has 24 heavy (non-hydrogen) atoms. The highest BCUT2D eigenvalue weighted by Gasteiger charge is 2.31. The summed E-state index contributed by atoms with van der Waals surface area (Å²) < 4.78 is 0. The molecule has 0 spiro atoms. The van der Waals surface area contributed by atoms with E-state index in [0.29, 0.717) is 6.04 Å². The van der Waals surface area contributed by atoms with E-state index in [1.165, 1.54) is 25.9 Å². The predicted octanol–water partition coefficient (Wildman–Crippen LogP) is 3.51. The van der Waals surface area contributed by atoms with Crippen molar-refractivity contribution in [2.24, 2.45) is 0 Å². The first kappa shape index (κ1) is 15.8. The summed E-state index contributed by atoms with van der Waals surface area (Å²) >= 11 is 1.62. The lowest BCUT2D eigenvalue weighted by Gasteiger charge is -2.28. The first-order valence-corrected chi connectivity index (χ1v) is 9.72. The lowest BCUT2D eigenvalue weighted by Crippen LogP contribution is -2.42. The molecule has 2 aliphatic rings. The fraction of sp³-hybridized carbons (Fsp3) is 0.474. The minimum absolute atomic E-state index is 0.183. The van der Waals surface area contributed by atoms with E-state index in [0.717, 1.165) is 42.1 Å². The number of carbonyl (C=O) groups is 1. The SMILES string of the molecule is O=C(c1ccc(-c2nccs2)cc1)N1CCCC1CN1CCCC1. The largest absolute Gasteiger partial charge is 0.334 e. The fourth-order valence-electron chi connectivity index (χ4n) is 3.84. The van der Waals surface area contributed by atoms with Gasteiger partial charge in [0.15, 0.2) is 0 Å². The maximum atomic E-state index is 12.9. The molecule has 0 radical (unpaired) electrons. The number of nitrogens with zero attached hydrogens (tertiary/aromatic N) is 3. The molecule has 1 unspecified atom stereocenters. The fourth-order valence-corrected chi connectivity index (χ4v) is 4.49. The molecule has 0 N–H and O–H groups in total. The summed E-state index contributed by atoms with van der Waals surface area (Å²) in [6, 6.07) is 8.30. The Labute approximate surface area is 147 Å². The van der Waals surface area contributed by atoms with Crippen molar-refractivity contribution < 1.29 is 4.79 Å². The van der Waals surface area contributed by atoms with Gasteiger partial charge in [-0.2, -0.15) is 0 Å². The molecule has 2 fully saturated rings. The molecular weight excluding hydrogens is 318 g/mol. The van der Waals surface area contributed by atoms with Crippen LogP contribution in [0.2, 0.25) is 0 Å². The minimum Gasteiger partial charge on any atom is -0.334 e. The highest BCUT2D eigenvalue weighted by Crippen LogP contribution is 2.25. The molecule has 2 aromatic rings. The Hall–Kier alpha value is -1.72. The lowest BCUT2D eigenvalue weighted by atomic mass is 10.1. The molecule has 4 nitrogen and oxygen atoms in total. The molecule has 1 aromatic heterocycles. The van der Waals surface area contributed by atoms with Gasteiger partial charge in [0.25, 0.3) is 5.91 Å². The van der Waals surface area contributed by atoms with Gasteiger partial charge in [0.1, 0.15) is 5.01 Å². The summed E-state index contributed by atoms with van der Waals surface area (Å²) in [6.45, 7) is 4.33. The van der Waals surface area contributed by atoms with Gasteiger partial charge in [-0.1, -0.05) is 12.1 Å². The van der Waals surface area contributed by atoms with Crippen LogP contribution in [0.3, 0.4) is 0 Å². The molecule has 0 aliphatic carbocycles.